The number of hydrogen-bond acceptors (Lipinski definition) is 4. The van der Waals surface area contributed by atoms with Gasteiger partial charge in [0.2, 0.25) is 0 Å². The normalized spacial score (nSPS) is 14.3. The third kappa shape index (κ3) is 3.00. The van der Waals surface area contributed by atoms with Crippen LogP contribution < -0.4 is 16.1 Å². The van der Waals surface area contributed by atoms with Gasteiger partial charge in [-0.05, 0) is 55.7 Å². The Morgan fingerprint density at radius 1 is 1.15 bits per heavy atom. The number of nitrogens with zero attached hydrogens (tertiary/aromatic N) is 3. The first-order valence-corrected chi connectivity index (χ1v) is 8.66. The van der Waals surface area contributed by atoms with Gasteiger partial charge in [0.15, 0.2) is 0 Å². The molecule has 1 aliphatic heterocycles. The van der Waals surface area contributed by atoms with Gasteiger partial charge in [0.05, 0.1) is 17.4 Å². The van der Waals surface area contributed by atoms with Crippen LogP contribution in [-0.4, -0.2) is 27.6 Å². The number of aryl methyl sites for hydroxylation is 1. The highest BCUT2D eigenvalue weighted by Crippen LogP contribution is 2.20. The smallest absolute Gasteiger partial charge is 0.329 e. The number of fused-ring (bicyclic) bond motifs is 1. The van der Waals surface area contributed by atoms with E-state index >= 15 is 0 Å². The van der Waals surface area contributed by atoms with Crippen molar-refractivity contribution in [1.29, 1.82) is 0 Å². The highest BCUT2D eigenvalue weighted by Gasteiger charge is 2.15. The van der Waals surface area contributed by atoms with Crippen LogP contribution in [0.1, 0.15) is 24.1 Å². The largest absolute Gasteiger partial charge is 0.357 e. The van der Waals surface area contributed by atoms with Crippen LogP contribution in [0.5, 0.6) is 0 Å². The molecular weight excluding hydrogens is 335 g/mol. The van der Waals surface area contributed by atoms with Crippen molar-refractivity contribution in [3.63, 3.8) is 0 Å². The van der Waals surface area contributed by atoms with E-state index in [0.29, 0.717) is 5.52 Å². The molecular formula is C19H19FN4O2. The highest BCUT2D eigenvalue weighted by atomic mass is 19.1. The molecule has 0 saturated carbocycles. The lowest BCUT2D eigenvalue weighted by molar-refractivity contribution is 0.628. The summed E-state index contributed by atoms with van der Waals surface area (Å²) in [6.07, 6.45) is 2.28. The predicted molar refractivity (Wildman–Crippen MR) is 98.3 cm³/mol. The number of benzene rings is 1. The van der Waals surface area contributed by atoms with Crippen LogP contribution in [0, 0.1) is 12.7 Å². The number of anilines is 1. The summed E-state index contributed by atoms with van der Waals surface area (Å²) in [5.74, 6) is 0.359. The lowest BCUT2D eigenvalue weighted by atomic mass is 10.2. The predicted octanol–water partition coefficient (Wildman–Crippen LogP) is 2.18. The molecule has 4 rings (SSSR count). The van der Waals surface area contributed by atoms with Gasteiger partial charge in [-0.2, -0.15) is 0 Å². The Kier molecular flexibility index (Phi) is 4.06. The van der Waals surface area contributed by atoms with Gasteiger partial charge in [-0.25, -0.2) is 14.2 Å². The molecule has 0 radical (unpaired) electrons. The lowest BCUT2D eigenvalue weighted by Gasteiger charge is -2.18. The van der Waals surface area contributed by atoms with E-state index in [1.54, 1.807) is 0 Å². The number of hydrogen-bond donors (Lipinski definition) is 1. The molecule has 1 saturated heterocycles. The third-order valence-electron chi connectivity index (χ3n) is 4.71. The molecule has 2 aromatic heterocycles. The molecule has 0 atom stereocenters. The molecule has 1 aliphatic rings. The summed E-state index contributed by atoms with van der Waals surface area (Å²) >= 11 is 0. The second kappa shape index (κ2) is 6.40. The highest BCUT2D eigenvalue weighted by molar-refractivity contribution is 5.77. The first kappa shape index (κ1) is 16.5. The van der Waals surface area contributed by atoms with Crippen LogP contribution in [0.4, 0.5) is 10.2 Å². The number of rotatable bonds is 3. The topological polar surface area (TPSA) is 71.0 Å². The van der Waals surface area contributed by atoms with Gasteiger partial charge in [-0.3, -0.25) is 9.36 Å². The van der Waals surface area contributed by atoms with Gasteiger partial charge in [-0.1, -0.05) is 0 Å². The molecule has 0 unspecified atom stereocenters. The van der Waals surface area contributed by atoms with E-state index in [2.05, 4.69) is 14.9 Å². The Morgan fingerprint density at radius 3 is 2.69 bits per heavy atom. The summed E-state index contributed by atoms with van der Waals surface area (Å²) < 4.78 is 14.6. The number of nitrogens with one attached hydrogen (secondary N) is 1. The number of aromatic nitrogens is 3. The zero-order chi connectivity index (χ0) is 18.3. The molecule has 1 aromatic carbocycles. The molecule has 134 valence electrons. The summed E-state index contributed by atoms with van der Waals surface area (Å²) in [5, 5.41) is 0.162. The monoisotopic (exact) mass is 354 g/mol. The van der Waals surface area contributed by atoms with Crippen molar-refractivity contribution in [1.82, 2.24) is 14.5 Å². The van der Waals surface area contributed by atoms with Crippen LogP contribution >= 0.6 is 0 Å². The summed E-state index contributed by atoms with van der Waals surface area (Å²) in [5.41, 5.74) is 0.983. The van der Waals surface area contributed by atoms with Crippen molar-refractivity contribution in [2.24, 2.45) is 0 Å². The van der Waals surface area contributed by atoms with Crippen molar-refractivity contribution in [2.45, 2.75) is 26.3 Å². The summed E-state index contributed by atoms with van der Waals surface area (Å²) in [7, 11) is 0. The maximum atomic E-state index is 13.5. The Morgan fingerprint density at radius 2 is 1.92 bits per heavy atom. The van der Waals surface area contributed by atoms with Gasteiger partial charge < -0.3 is 9.88 Å². The molecule has 3 aromatic rings. The van der Waals surface area contributed by atoms with E-state index in [0.717, 1.165) is 53.6 Å². The van der Waals surface area contributed by atoms with Gasteiger partial charge in [0.25, 0.3) is 5.56 Å². The Balaban J connectivity index is 1.78. The van der Waals surface area contributed by atoms with Crippen molar-refractivity contribution in [2.75, 3.05) is 18.0 Å². The van der Waals surface area contributed by atoms with Gasteiger partial charge in [0.1, 0.15) is 11.6 Å². The molecule has 1 fully saturated rings. The Bertz CT molecular complexity index is 1100. The average molecular weight is 354 g/mol. The second-order valence-corrected chi connectivity index (χ2v) is 6.68. The van der Waals surface area contributed by atoms with Crippen molar-refractivity contribution < 1.29 is 4.39 Å². The fraction of sp³-hybridized carbons (Fsp3) is 0.316. The minimum Gasteiger partial charge on any atom is -0.357 e. The van der Waals surface area contributed by atoms with E-state index in [1.165, 1.54) is 12.1 Å². The van der Waals surface area contributed by atoms with Crippen LogP contribution in [0.3, 0.4) is 0 Å². The van der Waals surface area contributed by atoms with E-state index in [9.17, 15) is 14.0 Å². The molecule has 3 heterocycles. The summed E-state index contributed by atoms with van der Waals surface area (Å²) in [6, 6.07) is 7.55. The zero-order valence-corrected chi connectivity index (χ0v) is 14.5. The maximum Gasteiger partial charge on any atom is 0.329 e. The van der Waals surface area contributed by atoms with Gasteiger partial charge >= 0.3 is 5.69 Å². The number of halogens is 1. The van der Waals surface area contributed by atoms with Gasteiger partial charge in [0, 0.05) is 18.8 Å². The Labute approximate surface area is 148 Å². The quantitative estimate of drug-likeness (QED) is 0.783. The minimum atomic E-state index is -0.510. The molecule has 0 bridgehead atoms. The molecule has 0 spiro atoms. The fourth-order valence-corrected chi connectivity index (χ4v) is 3.47. The van der Waals surface area contributed by atoms with E-state index in [-0.39, 0.29) is 11.9 Å². The second-order valence-electron chi connectivity index (χ2n) is 6.68. The van der Waals surface area contributed by atoms with Gasteiger partial charge in [-0.15, -0.1) is 0 Å². The van der Waals surface area contributed by atoms with Crippen LogP contribution in [0.2, 0.25) is 0 Å². The first-order valence-electron chi connectivity index (χ1n) is 8.66. The SMILES string of the molecule is Cc1cc(Cn2c(=O)[nH]c3ccc(F)cc3c2=O)cc(N2CCCC2)n1. The van der Waals surface area contributed by atoms with E-state index < -0.39 is 17.1 Å². The minimum absolute atomic E-state index is 0.116. The number of aromatic amines is 1. The third-order valence-corrected chi connectivity index (χ3v) is 4.71. The van der Waals surface area contributed by atoms with Crippen LogP contribution in [0.15, 0.2) is 39.9 Å². The van der Waals surface area contributed by atoms with E-state index in [4.69, 9.17) is 0 Å². The molecule has 26 heavy (non-hydrogen) atoms. The molecule has 0 aliphatic carbocycles. The maximum absolute atomic E-state index is 13.5. The average Bonchev–Trinajstić information content (AvgIpc) is 3.14. The van der Waals surface area contributed by atoms with Crippen molar-refractivity contribution >= 4 is 16.7 Å². The standard InChI is InChI=1S/C19H19FN4O2/c1-12-8-13(9-17(21-12)23-6-2-3-7-23)11-24-18(25)15-10-14(20)4-5-16(15)22-19(24)26/h4-5,8-10H,2-3,6-7,11H2,1H3,(H,22,26). The van der Waals surface area contributed by atoms with Crippen molar-refractivity contribution in [3.05, 3.63) is 68.2 Å². The summed E-state index contributed by atoms with van der Waals surface area (Å²) in [6.45, 7) is 3.94. The van der Waals surface area contributed by atoms with Crippen molar-refractivity contribution in [3.8, 4) is 0 Å². The lowest BCUT2D eigenvalue weighted by Crippen LogP contribution is -2.35. The zero-order valence-electron chi connectivity index (χ0n) is 14.5. The Hall–Kier alpha value is -2.96. The molecule has 7 heteroatoms. The molecule has 1 N–H and O–H groups in total. The molecule has 6 nitrogen and oxygen atoms in total. The molecule has 0 amide bonds. The fourth-order valence-electron chi connectivity index (χ4n) is 3.47. The van der Waals surface area contributed by atoms with Crippen LogP contribution in [-0.2, 0) is 6.54 Å². The van der Waals surface area contributed by atoms with E-state index in [1.807, 2.05) is 19.1 Å². The number of pyridine rings is 1. The summed E-state index contributed by atoms with van der Waals surface area (Å²) in [4.78, 5) is 34.5. The first-order chi connectivity index (χ1) is 12.5. The number of H-pyrrole nitrogens is 1. The van der Waals surface area contributed by atoms with Crippen LogP contribution in [0.25, 0.3) is 10.9 Å².